The van der Waals surface area contributed by atoms with Crippen molar-refractivity contribution in [1.29, 1.82) is 0 Å². The van der Waals surface area contributed by atoms with Crippen LogP contribution in [0.5, 0.6) is 11.5 Å². The molecule has 0 fully saturated rings. The molecule has 1 aliphatic heterocycles. The van der Waals surface area contributed by atoms with E-state index in [4.69, 9.17) is 9.73 Å². The number of nitrogens with one attached hydrogen (secondary N) is 1. The van der Waals surface area contributed by atoms with Crippen molar-refractivity contribution in [3.05, 3.63) is 92.1 Å². The Morgan fingerprint density at radius 3 is 2.61 bits per heavy atom. The second-order valence-corrected chi connectivity index (χ2v) is 8.98. The molecule has 4 rings (SSSR count). The van der Waals surface area contributed by atoms with E-state index in [1.807, 2.05) is 43.3 Å². The first-order valence-electron chi connectivity index (χ1n) is 9.94. The molecule has 7 heteroatoms. The van der Waals surface area contributed by atoms with Gasteiger partial charge in [0.2, 0.25) is 0 Å². The lowest BCUT2D eigenvalue weighted by atomic mass is 9.93. The summed E-state index contributed by atoms with van der Waals surface area (Å²) in [5.41, 5.74) is 3.47. The summed E-state index contributed by atoms with van der Waals surface area (Å²) in [6.45, 7) is 2.35. The minimum atomic E-state index is -0.399. The lowest BCUT2D eigenvalue weighted by Crippen LogP contribution is -2.33. The Bertz CT molecular complexity index is 1120. The number of ether oxygens (including phenoxy) is 1. The maximum atomic E-state index is 13.8. The van der Waals surface area contributed by atoms with Crippen molar-refractivity contribution in [2.24, 2.45) is 4.99 Å². The average Bonchev–Trinajstić information content (AvgIpc) is 2.77. The summed E-state index contributed by atoms with van der Waals surface area (Å²) in [7, 11) is 0. The number of nitrogens with zero attached hydrogens (tertiary/aromatic N) is 1. The third-order valence-electron chi connectivity index (χ3n) is 5.18. The molecule has 1 aliphatic rings. The fourth-order valence-corrected chi connectivity index (χ4v) is 4.33. The van der Waals surface area contributed by atoms with Crippen LogP contribution in [0, 0.1) is 5.82 Å². The van der Waals surface area contributed by atoms with E-state index >= 15 is 0 Å². The van der Waals surface area contributed by atoms with Crippen LogP contribution in [0.2, 0.25) is 0 Å². The van der Waals surface area contributed by atoms with E-state index in [1.54, 1.807) is 18.2 Å². The third-order valence-corrected chi connectivity index (χ3v) is 6.32. The Kier molecular flexibility index (Phi) is 6.74. The van der Waals surface area contributed by atoms with E-state index in [0.29, 0.717) is 23.2 Å². The molecule has 0 aromatic heterocycles. The van der Waals surface area contributed by atoms with Crippen molar-refractivity contribution in [1.82, 2.24) is 5.32 Å². The van der Waals surface area contributed by atoms with Gasteiger partial charge in [0.25, 0.3) is 0 Å². The lowest BCUT2D eigenvalue weighted by molar-refractivity contribution is 0.313. The highest BCUT2D eigenvalue weighted by molar-refractivity contribution is 9.10. The number of benzene rings is 3. The fourth-order valence-electron chi connectivity index (χ4n) is 3.67. The zero-order chi connectivity index (χ0) is 22.0. The molecule has 0 radical (unpaired) electrons. The number of hydrogen-bond donors (Lipinski definition) is 2. The van der Waals surface area contributed by atoms with Crippen molar-refractivity contribution in [3.63, 3.8) is 0 Å². The molecule has 0 bridgehead atoms. The van der Waals surface area contributed by atoms with Crippen molar-refractivity contribution in [3.8, 4) is 11.5 Å². The minimum absolute atomic E-state index is 0.123. The highest BCUT2D eigenvalue weighted by Gasteiger charge is 2.29. The molecule has 3 aromatic rings. The fraction of sp³-hybridized carbons (Fsp3) is 0.208. The molecule has 0 amide bonds. The molecule has 0 saturated heterocycles. The van der Waals surface area contributed by atoms with Gasteiger partial charge in [0.15, 0.2) is 11.5 Å². The standard InChI is InChI=1S/C24H21Br2FN2O2/c1-2-31-22-5-3-4-17(23(22)30)21-13-20(14-6-9-16(25)10-7-14)28-24(29-21)15-8-11-19(27)18(26)12-15/h3-12,21,24,29-30H,2,13H2,1H3/t21-,24-/m0/s1. The lowest BCUT2D eigenvalue weighted by Gasteiger charge is -2.31. The number of phenols is 1. The molecule has 4 nitrogen and oxygen atoms in total. The average molecular weight is 548 g/mol. The minimum Gasteiger partial charge on any atom is -0.504 e. The molecule has 0 aliphatic carbocycles. The predicted octanol–water partition coefficient (Wildman–Crippen LogP) is 6.68. The summed E-state index contributed by atoms with van der Waals surface area (Å²) in [5.74, 6) is 0.254. The molecular formula is C24H21Br2FN2O2. The number of aromatic hydroxyl groups is 1. The molecule has 2 atom stereocenters. The van der Waals surface area contributed by atoms with Crippen LogP contribution in [0.4, 0.5) is 4.39 Å². The van der Waals surface area contributed by atoms with Gasteiger partial charge in [-0.2, -0.15) is 0 Å². The van der Waals surface area contributed by atoms with Gasteiger partial charge in [-0.05, 0) is 64.3 Å². The van der Waals surface area contributed by atoms with Crippen molar-refractivity contribution in [2.75, 3.05) is 6.61 Å². The Balaban J connectivity index is 1.76. The molecule has 0 unspecified atom stereocenters. The van der Waals surface area contributed by atoms with Crippen LogP contribution in [-0.2, 0) is 0 Å². The van der Waals surface area contributed by atoms with Gasteiger partial charge in [0.1, 0.15) is 12.0 Å². The van der Waals surface area contributed by atoms with Crippen LogP contribution in [0.1, 0.15) is 42.2 Å². The first-order valence-corrected chi connectivity index (χ1v) is 11.5. The summed E-state index contributed by atoms with van der Waals surface area (Å²) in [5, 5.41) is 14.3. The van der Waals surface area contributed by atoms with E-state index in [0.717, 1.165) is 26.9 Å². The van der Waals surface area contributed by atoms with Crippen molar-refractivity contribution in [2.45, 2.75) is 25.6 Å². The molecule has 160 valence electrons. The monoisotopic (exact) mass is 546 g/mol. The largest absolute Gasteiger partial charge is 0.504 e. The van der Waals surface area contributed by atoms with Crippen LogP contribution in [0.25, 0.3) is 0 Å². The number of aliphatic imine (C=N–C) groups is 1. The number of rotatable bonds is 5. The highest BCUT2D eigenvalue weighted by Crippen LogP contribution is 2.39. The van der Waals surface area contributed by atoms with E-state index in [2.05, 4.69) is 37.2 Å². The zero-order valence-electron chi connectivity index (χ0n) is 16.8. The van der Waals surface area contributed by atoms with Gasteiger partial charge in [0, 0.05) is 28.2 Å². The van der Waals surface area contributed by atoms with Crippen molar-refractivity contribution >= 4 is 37.6 Å². The number of para-hydroxylation sites is 1. The van der Waals surface area contributed by atoms with E-state index in [9.17, 15) is 9.50 Å². The maximum Gasteiger partial charge on any atom is 0.162 e. The van der Waals surface area contributed by atoms with Crippen LogP contribution < -0.4 is 10.1 Å². The molecule has 0 spiro atoms. The van der Waals surface area contributed by atoms with Gasteiger partial charge in [-0.15, -0.1) is 0 Å². The number of hydrogen-bond acceptors (Lipinski definition) is 4. The van der Waals surface area contributed by atoms with Gasteiger partial charge >= 0.3 is 0 Å². The summed E-state index contributed by atoms with van der Waals surface area (Å²) in [4.78, 5) is 4.92. The smallest absolute Gasteiger partial charge is 0.162 e. The van der Waals surface area contributed by atoms with Gasteiger partial charge in [-0.3, -0.25) is 10.3 Å². The quantitative estimate of drug-likeness (QED) is 0.374. The Morgan fingerprint density at radius 2 is 1.90 bits per heavy atom. The van der Waals surface area contributed by atoms with E-state index < -0.39 is 6.17 Å². The van der Waals surface area contributed by atoms with Gasteiger partial charge < -0.3 is 9.84 Å². The Hall–Kier alpha value is -2.22. The molecule has 3 aromatic carbocycles. The van der Waals surface area contributed by atoms with Crippen LogP contribution in [0.15, 0.2) is 74.6 Å². The molecule has 1 heterocycles. The second kappa shape index (κ2) is 9.51. The summed E-state index contributed by atoms with van der Waals surface area (Å²) >= 11 is 6.74. The first-order chi connectivity index (χ1) is 15.0. The topological polar surface area (TPSA) is 53.8 Å². The van der Waals surface area contributed by atoms with Gasteiger partial charge in [-0.1, -0.05) is 46.3 Å². The molecular weight excluding hydrogens is 527 g/mol. The van der Waals surface area contributed by atoms with Crippen molar-refractivity contribution < 1.29 is 14.2 Å². The van der Waals surface area contributed by atoms with Crippen LogP contribution in [0.3, 0.4) is 0 Å². The Labute approximate surface area is 197 Å². The summed E-state index contributed by atoms with van der Waals surface area (Å²) in [6.07, 6.45) is 0.188. The Morgan fingerprint density at radius 1 is 1.13 bits per heavy atom. The summed E-state index contributed by atoms with van der Waals surface area (Å²) in [6, 6.07) is 18.2. The van der Waals surface area contributed by atoms with E-state index in [1.165, 1.54) is 6.07 Å². The summed E-state index contributed by atoms with van der Waals surface area (Å²) < 4.78 is 20.7. The number of phenolic OH excluding ortho intramolecular Hbond substituents is 1. The molecule has 2 N–H and O–H groups in total. The highest BCUT2D eigenvalue weighted by atomic mass is 79.9. The SMILES string of the molecule is CCOc1cccc([C@@H]2CC(c3ccc(Br)cc3)=N[C@H](c3ccc(F)c(Br)c3)N2)c1O. The maximum absolute atomic E-state index is 13.8. The molecule has 0 saturated carbocycles. The van der Waals surface area contributed by atoms with Crippen LogP contribution >= 0.6 is 31.9 Å². The first kappa shape index (κ1) is 22.0. The molecule has 31 heavy (non-hydrogen) atoms. The van der Waals surface area contributed by atoms with Gasteiger partial charge in [-0.25, -0.2) is 4.39 Å². The van der Waals surface area contributed by atoms with Crippen LogP contribution in [-0.4, -0.2) is 17.4 Å². The second-order valence-electron chi connectivity index (χ2n) is 7.21. The predicted molar refractivity (Wildman–Crippen MR) is 127 cm³/mol. The zero-order valence-corrected chi connectivity index (χ0v) is 20.0. The number of halogens is 3. The third kappa shape index (κ3) is 4.84. The van der Waals surface area contributed by atoms with Gasteiger partial charge in [0.05, 0.1) is 11.1 Å². The van der Waals surface area contributed by atoms with E-state index in [-0.39, 0.29) is 17.6 Å². The normalized spacial score (nSPS) is 18.5.